The van der Waals surface area contributed by atoms with Crippen LogP contribution in [0.1, 0.15) is 34.5 Å². The van der Waals surface area contributed by atoms with Crippen molar-refractivity contribution in [1.82, 2.24) is 14.7 Å². The number of rotatable bonds is 6. The van der Waals surface area contributed by atoms with Crippen molar-refractivity contribution in [3.8, 4) is 5.75 Å². The second-order valence-corrected chi connectivity index (χ2v) is 5.65. The lowest BCUT2D eigenvalue weighted by Crippen LogP contribution is -2.26. The zero-order valence-electron chi connectivity index (χ0n) is 14.7. The van der Waals surface area contributed by atoms with Gasteiger partial charge in [0.1, 0.15) is 5.75 Å². The van der Waals surface area contributed by atoms with Crippen LogP contribution in [0, 0.1) is 0 Å². The molecule has 2 amide bonds. The van der Waals surface area contributed by atoms with E-state index in [0.29, 0.717) is 23.5 Å². The summed E-state index contributed by atoms with van der Waals surface area (Å²) in [4.78, 5) is 29.4. The number of aromatic nitrogens is 2. The van der Waals surface area contributed by atoms with Gasteiger partial charge in [0.15, 0.2) is 5.69 Å². The number of hydrogen-bond acceptors (Lipinski definition) is 4. The summed E-state index contributed by atoms with van der Waals surface area (Å²) in [5, 5.41) is 5.58. The van der Waals surface area contributed by atoms with Crippen molar-refractivity contribution in [3.05, 3.63) is 60.2 Å². The lowest BCUT2D eigenvalue weighted by molar-refractivity contribution is 0.0942. The van der Waals surface area contributed by atoms with Crippen molar-refractivity contribution in [2.24, 2.45) is 0 Å². The molecule has 3 rings (SSSR count). The van der Waals surface area contributed by atoms with Crippen LogP contribution in [0.2, 0.25) is 0 Å². The van der Waals surface area contributed by atoms with Gasteiger partial charge in [0.25, 0.3) is 11.8 Å². The van der Waals surface area contributed by atoms with Crippen LogP contribution in [0.5, 0.6) is 5.75 Å². The van der Waals surface area contributed by atoms with E-state index in [1.807, 2.05) is 13.0 Å². The van der Waals surface area contributed by atoms with Crippen LogP contribution in [-0.2, 0) is 0 Å². The van der Waals surface area contributed by atoms with Crippen molar-refractivity contribution >= 4 is 23.0 Å². The maximum absolute atomic E-state index is 12.8. The Bertz CT molecular complexity index is 949. The fraction of sp³-hybridized carbons (Fsp3) is 0.211. The van der Waals surface area contributed by atoms with Crippen molar-refractivity contribution in [3.63, 3.8) is 0 Å². The van der Waals surface area contributed by atoms with Gasteiger partial charge in [-0.25, -0.2) is 4.98 Å². The molecule has 3 aromatic rings. The molecule has 0 aliphatic carbocycles. The standard InChI is InChI=1S/C19H20N4O3/c1-3-11-20-19(25)17-22-16(14-9-6-7-12-23(14)17)18(24)21-13-8-4-5-10-15(13)26-2/h4-10,12H,3,11H2,1-2H3,(H,20,25)(H,21,24). The summed E-state index contributed by atoms with van der Waals surface area (Å²) in [5.74, 6) is 0.00152. The quantitative estimate of drug-likeness (QED) is 0.714. The molecule has 2 N–H and O–H groups in total. The highest BCUT2D eigenvalue weighted by Crippen LogP contribution is 2.24. The molecule has 134 valence electrons. The van der Waals surface area contributed by atoms with Gasteiger partial charge in [-0.05, 0) is 30.7 Å². The fourth-order valence-electron chi connectivity index (χ4n) is 2.61. The highest BCUT2D eigenvalue weighted by atomic mass is 16.5. The first-order valence-corrected chi connectivity index (χ1v) is 8.35. The minimum Gasteiger partial charge on any atom is -0.495 e. The first-order valence-electron chi connectivity index (χ1n) is 8.35. The Morgan fingerprint density at radius 3 is 2.65 bits per heavy atom. The normalized spacial score (nSPS) is 10.5. The second-order valence-electron chi connectivity index (χ2n) is 5.65. The Balaban J connectivity index is 1.97. The van der Waals surface area contributed by atoms with E-state index in [2.05, 4.69) is 15.6 Å². The number of amides is 2. The molecule has 1 aromatic carbocycles. The fourth-order valence-corrected chi connectivity index (χ4v) is 2.61. The van der Waals surface area contributed by atoms with E-state index in [4.69, 9.17) is 4.74 Å². The number of para-hydroxylation sites is 2. The summed E-state index contributed by atoms with van der Waals surface area (Å²) >= 11 is 0. The molecular weight excluding hydrogens is 332 g/mol. The molecule has 0 fully saturated rings. The van der Waals surface area contributed by atoms with Gasteiger partial charge >= 0.3 is 0 Å². The number of carbonyl (C=O) groups is 2. The van der Waals surface area contributed by atoms with E-state index >= 15 is 0 Å². The smallest absolute Gasteiger partial charge is 0.287 e. The number of nitrogens with one attached hydrogen (secondary N) is 2. The third kappa shape index (κ3) is 3.37. The highest BCUT2D eigenvalue weighted by Gasteiger charge is 2.21. The molecule has 0 saturated carbocycles. The molecule has 0 aliphatic rings. The van der Waals surface area contributed by atoms with E-state index in [1.54, 1.807) is 47.0 Å². The summed E-state index contributed by atoms with van der Waals surface area (Å²) in [6.07, 6.45) is 2.53. The third-order valence-corrected chi connectivity index (χ3v) is 3.86. The summed E-state index contributed by atoms with van der Waals surface area (Å²) in [6.45, 7) is 2.51. The lowest BCUT2D eigenvalue weighted by Gasteiger charge is -2.08. The van der Waals surface area contributed by atoms with Crippen LogP contribution in [0.15, 0.2) is 48.7 Å². The maximum Gasteiger partial charge on any atom is 0.287 e. The molecule has 7 heteroatoms. The molecule has 2 heterocycles. The minimum atomic E-state index is -0.409. The Kier molecular flexibility index (Phi) is 5.17. The molecule has 0 bridgehead atoms. The van der Waals surface area contributed by atoms with Crippen LogP contribution in [0.4, 0.5) is 5.69 Å². The Labute approximate surface area is 151 Å². The number of anilines is 1. The predicted molar refractivity (Wildman–Crippen MR) is 98.8 cm³/mol. The topological polar surface area (TPSA) is 84.7 Å². The van der Waals surface area contributed by atoms with Gasteiger partial charge in [0, 0.05) is 12.7 Å². The molecular formula is C19H20N4O3. The molecule has 7 nitrogen and oxygen atoms in total. The average Bonchev–Trinajstić information content (AvgIpc) is 3.06. The van der Waals surface area contributed by atoms with Crippen molar-refractivity contribution < 1.29 is 14.3 Å². The molecule has 0 unspecified atom stereocenters. The highest BCUT2D eigenvalue weighted by molar-refractivity contribution is 6.09. The van der Waals surface area contributed by atoms with Gasteiger partial charge in [-0.2, -0.15) is 0 Å². The summed E-state index contributed by atoms with van der Waals surface area (Å²) in [5.41, 5.74) is 1.27. The maximum atomic E-state index is 12.8. The van der Waals surface area contributed by atoms with E-state index in [-0.39, 0.29) is 17.4 Å². The molecule has 2 aromatic heterocycles. The monoisotopic (exact) mass is 352 g/mol. The number of nitrogens with zero attached hydrogens (tertiary/aromatic N) is 2. The zero-order chi connectivity index (χ0) is 18.5. The molecule has 0 atom stereocenters. The van der Waals surface area contributed by atoms with Gasteiger partial charge in [0.05, 0.1) is 18.3 Å². The number of hydrogen-bond donors (Lipinski definition) is 2. The average molecular weight is 352 g/mol. The number of imidazole rings is 1. The van der Waals surface area contributed by atoms with Gasteiger partial charge < -0.3 is 15.4 Å². The molecule has 0 saturated heterocycles. The largest absolute Gasteiger partial charge is 0.495 e. The first-order chi connectivity index (χ1) is 12.7. The first kappa shape index (κ1) is 17.5. The van der Waals surface area contributed by atoms with Crippen LogP contribution in [0.3, 0.4) is 0 Å². The number of fused-ring (bicyclic) bond motifs is 1. The number of ether oxygens (including phenoxy) is 1. The summed E-state index contributed by atoms with van der Waals surface area (Å²) in [7, 11) is 1.53. The number of pyridine rings is 1. The SMILES string of the molecule is CCCNC(=O)c1nc(C(=O)Nc2ccccc2OC)c2ccccn12. The van der Waals surface area contributed by atoms with Gasteiger partial charge in [0.2, 0.25) is 5.82 Å². The van der Waals surface area contributed by atoms with Gasteiger partial charge in [-0.3, -0.25) is 14.0 Å². The molecule has 0 spiro atoms. The number of carbonyl (C=O) groups excluding carboxylic acids is 2. The Morgan fingerprint density at radius 2 is 1.88 bits per heavy atom. The predicted octanol–water partition coefficient (Wildman–Crippen LogP) is 2.74. The zero-order valence-corrected chi connectivity index (χ0v) is 14.7. The molecule has 26 heavy (non-hydrogen) atoms. The van der Waals surface area contributed by atoms with Crippen molar-refractivity contribution in [1.29, 1.82) is 0 Å². The van der Waals surface area contributed by atoms with Crippen molar-refractivity contribution in [2.75, 3.05) is 19.0 Å². The van der Waals surface area contributed by atoms with Gasteiger partial charge in [-0.1, -0.05) is 25.1 Å². The number of methoxy groups -OCH3 is 1. The van der Waals surface area contributed by atoms with Crippen LogP contribution in [0.25, 0.3) is 5.52 Å². The lowest BCUT2D eigenvalue weighted by atomic mass is 10.2. The van der Waals surface area contributed by atoms with E-state index < -0.39 is 5.91 Å². The molecule has 0 radical (unpaired) electrons. The van der Waals surface area contributed by atoms with Gasteiger partial charge in [-0.15, -0.1) is 0 Å². The third-order valence-electron chi connectivity index (χ3n) is 3.86. The van der Waals surface area contributed by atoms with Crippen LogP contribution >= 0.6 is 0 Å². The van der Waals surface area contributed by atoms with Crippen molar-refractivity contribution in [2.45, 2.75) is 13.3 Å². The Hall–Kier alpha value is -3.35. The van der Waals surface area contributed by atoms with Crippen LogP contribution < -0.4 is 15.4 Å². The number of benzene rings is 1. The Morgan fingerprint density at radius 1 is 1.12 bits per heavy atom. The summed E-state index contributed by atoms with van der Waals surface area (Å²) < 4.78 is 6.87. The van der Waals surface area contributed by atoms with E-state index in [1.165, 1.54) is 7.11 Å². The van der Waals surface area contributed by atoms with E-state index in [0.717, 1.165) is 6.42 Å². The second kappa shape index (κ2) is 7.69. The molecule has 0 aliphatic heterocycles. The summed E-state index contributed by atoms with van der Waals surface area (Å²) in [6, 6.07) is 12.4. The minimum absolute atomic E-state index is 0.179. The van der Waals surface area contributed by atoms with E-state index in [9.17, 15) is 9.59 Å². The van der Waals surface area contributed by atoms with Crippen LogP contribution in [-0.4, -0.2) is 34.9 Å².